The maximum absolute atomic E-state index is 12.8. The Labute approximate surface area is 270 Å². The van der Waals surface area contributed by atoms with Gasteiger partial charge in [0.2, 0.25) is 0 Å². The summed E-state index contributed by atoms with van der Waals surface area (Å²) in [6.45, 7) is 1.63. The summed E-state index contributed by atoms with van der Waals surface area (Å²) >= 11 is 0. The van der Waals surface area contributed by atoms with Crippen molar-refractivity contribution in [1.82, 2.24) is 9.80 Å². The predicted octanol–water partition coefficient (Wildman–Crippen LogP) is 6.45. The zero-order valence-corrected chi connectivity index (χ0v) is 26.8. The number of fused-ring (bicyclic) bond motifs is 2. The van der Waals surface area contributed by atoms with E-state index in [1.54, 1.807) is 14.2 Å². The lowest BCUT2D eigenvalue weighted by atomic mass is 9.86. The van der Waals surface area contributed by atoms with Gasteiger partial charge in [0.05, 0.1) is 26.4 Å². The topological polar surface area (TPSA) is 80.7 Å². The molecule has 4 aliphatic rings. The summed E-state index contributed by atoms with van der Waals surface area (Å²) in [7, 11) is 7.52. The van der Waals surface area contributed by atoms with Crippen LogP contribution in [0.2, 0.25) is 0 Å². The largest absolute Gasteiger partial charge is 0.496 e. The molecule has 4 aromatic carbocycles. The summed E-state index contributed by atoms with van der Waals surface area (Å²) < 4.78 is 25.0. The molecule has 0 aromatic heterocycles. The van der Waals surface area contributed by atoms with Crippen molar-refractivity contribution >= 4 is 6.29 Å². The molecule has 4 aliphatic heterocycles. The second-order valence-corrected chi connectivity index (χ2v) is 12.6. The lowest BCUT2D eigenvalue weighted by molar-refractivity contribution is 0.111. The van der Waals surface area contributed by atoms with Crippen LogP contribution in [-0.4, -0.2) is 62.6 Å². The van der Waals surface area contributed by atoms with Gasteiger partial charge in [0.15, 0.2) is 17.8 Å². The van der Waals surface area contributed by atoms with Crippen LogP contribution in [0.3, 0.4) is 0 Å². The maximum Gasteiger partial charge on any atom is 0.169 e. The summed E-state index contributed by atoms with van der Waals surface area (Å²) in [5.74, 6) is 3.56. The number of hydrogen-bond donors (Lipinski definition) is 1. The summed E-state index contributed by atoms with van der Waals surface area (Å²) in [5.41, 5.74) is 7.80. The summed E-state index contributed by atoms with van der Waals surface area (Å²) in [6, 6.07) is 20.4. The predicted molar refractivity (Wildman–Crippen MR) is 176 cm³/mol. The molecule has 46 heavy (non-hydrogen) atoms. The van der Waals surface area contributed by atoms with Crippen LogP contribution in [-0.2, 0) is 32.3 Å². The summed E-state index contributed by atoms with van der Waals surface area (Å²) in [4.78, 5) is 17.5. The van der Waals surface area contributed by atoms with Crippen LogP contribution >= 0.6 is 0 Å². The van der Waals surface area contributed by atoms with Gasteiger partial charge in [-0.25, -0.2) is 0 Å². The third kappa shape index (κ3) is 5.40. The average molecular weight is 621 g/mol. The quantitative estimate of drug-likeness (QED) is 0.261. The number of ether oxygens (including phenoxy) is 4. The second-order valence-electron chi connectivity index (χ2n) is 12.6. The molecule has 1 N–H and O–H groups in total. The number of aliphatic hydroxyl groups excluding tert-OH is 1. The highest BCUT2D eigenvalue weighted by molar-refractivity contribution is 5.86. The summed E-state index contributed by atoms with van der Waals surface area (Å²) in [5, 5.41) is 10.2. The molecule has 0 saturated carbocycles. The van der Waals surface area contributed by atoms with E-state index >= 15 is 0 Å². The standard InChI is InChI=1S/C38H40N2O6/c1-39-13-11-25-18-35(44-4)36-20-29(25)31(39)15-23-6-9-28(10-7-23)45-33-17-24(5-8-27(33)21-41)16-32-37-26(12-14-40(32)2)19-34(43-3)30(22-42)38(37)46-36/h5-10,17-20,22,31-32,41H,11-16,21H2,1-4H3/t31-,32+/m0/s1. The summed E-state index contributed by atoms with van der Waals surface area (Å²) in [6.07, 6.45) is 3.96. The first-order chi connectivity index (χ1) is 22.4. The van der Waals surface area contributed by atoms with Gasteiger partial charge in [0.25, 0.3) is 0 Å². The molecule has 0 unspecified atom stereocenters. The molecule has 0 saturated heterocycles. The lowest BCUT2D eigenvalue weighted by Crippen LogP contribution is -2.34. The van der Waals surface area contributed by atoms with Gasteiger partial charge in [-0.2, -0.15) is 0 Å². The Kier molecular flexibility index (Phi) is 8.19. The number of aliphatic hydroxyl groups is 1. The third-order valence-electron chi connectivity index (χ3n) is 9.92. The minimum atomic E-state index is -0.129. The molecule has 8 nitrogen and oxygen atoms in total. The van der Waals surface area contributed by atoms with Crippen LogP contribution in [0.15, 0.2) is 60.7 Å². The van der Waals surface area contributed by atoms with Crippen LogP contribution in [0, 0.1) is 0 Å². The number of likely N-dealkylation sites (N-methyl/N-ethyl adjacent to an activating group) is 2. The van der Waals surface area contributed by atoms with Gasteiger partial charge in [-0.05, 0) is 104 Å². The van der Waals surface area contributed by atoms with Crippen LogP contribution in [0.5, 0.6) is 34.5 Å². The van der Waals surface area contributed by atoms with Gasteiger partial charge in [-0.3, -0.25) is 14.6 Å². The molecule has 238 valence electrons. The molecule has 4 aromatic rings. The molecule has 0 amide bonds. The number of carbonyl (C=O) groups excluding carboxylic acids is 1. The Hall–Kier alpha value is -4.37. The first kappa shape index (κ1) is 30.3. The number of rotatable bonds is 4. The highest BCUT2D eigenvalue weighted by Gasteiger charge is 2.34. The van der Waals surface area contributed by atoms with Crippen LogP contribution in [0.25, 0.3) is 0 Å². The van der Waals surface area contributed by atoms with Gasteiger partial charge in [0.1, 0.15) is 23.0 Å². The Bertz CT molecular complexity index is 1790. The minimum Gasteiger partial charge on any atom is -0.496 e. The average Bonchev–Trinajstić information content (AvgIpc) is 3.07. The van der Waals surface area contributed by atoms with Gasteiger partial charge in [-0.15, -0.1) is 0 Å². The van der Waals surface area contributed by atoms with Gasteiger partial charge in [-0.1, -0.05) is 24.3 Å². The molecule has 6 bridgehead atoms. The normalized spacial score (nSPS) is 19.2. The minimum absolute atomic E-state index is 0.100. The molecule has 8 heteroatoms. The number of carbonyl (C=O) groups is 1. The van der Waals surface area contributed by atoms with Crippen molar-refractivity contribution in [2.75, 3.05) is 41.4 Å². The fourth-order valence-electron chi connectivity index (χ4n) is 7.28. The van der Waals surface area contributed by atoms with E-state index in [0.29, 0.717) is 40.7 Å². The van der Waals surface area contributed by atoms with Crippen molar-refractivity contribution < 1.29 is 28.8 Å². The lowest BCUT2D eigenvalue weighted by Gasteiger charge is -2.37. The van der Waals surface area contributed by atoms with E-state index in [9.17, 15) is 9.90 Å². The molecule has 0 aliphatic carbocycles. The third-order valence-corrected chi connectivity index (χ3v) is 9.92. The number of hydrogen-bond acceptors (Lipinski definition) is 8. The highest BCUT2D eigenvalue weighted by atomic mass is 16.5. The fraction of sp³-hybridized carbons (Fsp3) is 0.342. The van der Waals surface area contributed by atoms with E-state index in [1.165, 1.54) is 16.7 Å². The van der Waals surface area contributed by atoms with Crippen molar-refractivity contribution in [2.24, 2.45) is 0 Å². The smallest absolute Gasteiger partial charge is 0.169 e. The second kappa shape index (κ2) is 12.4. The van der Waals surface area contributed by atoms with Crippen molar-refractivity contribution in [3.63, 3.8) is 0 Å². The van der Waals surface area contributed by atoms with E-state index in [0.717, 1.165) is 66.6 Å². The van der Waals surface area contributed by atoms with Gasteiger partial charge >= 0.3 is 0 Å². The van der Waals surface area contributed by atoms with Crippen LogP contribution in [0.4, 0.5) is 0 Å². The van der Waals surface area contributed by atoms with Crippen molar-refractivity contribution in [3.05, 3.63) is 105 Å². The van der Waals surface area contributed by atoms with Gasteiger partial charge in [0, 0.05) is 36.3 Å². The first-order valence-electron chi connectivity index (χ1n) is 15.9. The molecular formula is C38H40N2O6. The number of aldehydes is 1. The van der Waals surface area contributed by atoms with E-state index in [1.807, 2.05) is 36.4 Å². The zero-order valence-electron chi connectivity index (χ0n) is 26.8. The Morgan fingerprint density at radius 2 is 1.48 bits per heavy atom. The van der Waals surface area contributed by atoms with Crippen molar-refractivity contribution in [2.45, 2.75) is 44.4 Å². The van der Waals surface area contributed by atoms with Gasteiger partial charge < -0.3 is 24.1 Å². The number of methoxy groups -OCH3 is 2. The molecule has 0 spiro atoms. The Balaban J connectivity index is 1.47. The number of benzene rings is 4. The molecule has 4 heterocycles. The van der Waals surface area contributed by atoms with Crippen LogP contribution < -0.4 is 18.9 Å². The Morgan fingerprint density at radius 1 is 0.804 bits per heavy atom. The van der Waals surface area contributed by atoms with E-state index < -0.39 is 0 Å². The zero-order chi connectivity index (χ0) is 31.9. The molecule has 0 fully saturated rings. The number of nitrogens with zero attached hydrogens (tertiary/aromatic N) is 2. The molecular weight excluding hydrogens is 580 g/mol. The molecule has 0 radical (unpaired) electrons. The van der Waals surface area contributed by atoms with Crippen molar-refractivity contribution in [3.8, 4) is 34.5 Å². The molecule has 8 rings (SSSR count). The fourth-order valence-corrected chi connectivity index (χ4v) is 7.28. The van der Waals surface area contributed by atoms with E-state index in [2.05, 4.69) is 48.2 Å². The van der Waals surface area contributed by atoms with E-state index in [4.69, 9.17) is 18.9 Å². The monoisotopic (exact) mass is 620 g/mol. The SMILES string of the molecule is COc1cc2c3cc1Oc1c(C=O)c(OC)cc4c1[C@@H](Cc1ccc(CO)c(c1)Oc1ccc(cc1)C[C@@H]3N(C)CC2)N(C)CC4. The van der Waals surface area contributed by atoms with Crippen molar-refractivity contribution in [1.29, 1.82) is 0 Å². The highest BCUT2D eigenvalue weighted by Crippen LogP contribution is 2.48. The molecule has 2 atom stereocenters. The maximum atomic E-state index is 12.8. The van der Waals surface area contributed by atoms with Crippen LogP contribution in [0.1, 0.15) is 61.4 Å². The Morgan fingerprint density at radius 3 is 2.20 bits per heavy atom. The van der Waals surface area contributed by atoms with E-state index in [-0.39, 0.29) is 18.7 Å². The first-order valence-corrected chi connectivity index (χ1v) is 15.9.